The lowest BCUT2D eigenvalue weighted by Gasteiger charge is -2.34. The van der Waals surface area contributed by atoms with Crippen molar-refractivity contribution in [1.82, 2.24) is 24.8 Å². The first-order valence-electron chi connectivity index (χ1n) is 11.2. The molecule has 1 fully saturated rings. The van der Waals surface area contributed by atoms with Crippen LogP contribution in [-0.2, 0) is 0 Å². The zero-order valence-corrected chi connectivity index (χ0v) is 18.8. The SMILES string of the molecule is COc1ccc2nc(-c3ccc4nc(-c5ccc(N6CCN(C)CC6)cc5)[nH]c4c3)[nH]c2c1. The fourth-order valence-electron chi connectivity index (χ4n) is 4.44. The molecule has 0 aliphatic carbocycles. The Hall–Kier alpha value is -3.84. The van der Waals surface area contributed by atoms with Gasteiger partial charge in [-0.05, 0) is 61.6 Å². The molecular formula is C26H26N6O. The van der Waals surface area contributed by atoms with Crippen LogP contribution in [-0.4, -0.2) is 65.2 Å². The summed E-state index contributed by atoms with van der Waals surface area (Å²) in [5, 5.41) is 0. The second-order valence-corrected chi connectivity index (χ2v) is 8.62. The van der Waals surface area contributed by atoms with Crippen LogP contribution in [0.15, 0.2) is 60.7 Å². The van der Waals surface area contributed by atoms with E-state index in [1.807, 2.05) is 24.3 Å². The largest absolute Gasteiger partial charge is 0.497 e. The molecule has 1 aliphatic heterocycles. The maximum absolute atomic E-state index is 5.32. The van der Waals surface area contributed by atoms with Gasteiger partial charge in [0.15, 0.2) is 0 Å². The molecule has 0 unspecified atom stereocenters. The van der Waals surface area contributed by atoms with Gasteiger partial charge in [0, 0.05) is 49.1 Å². The lowest BCUT2D eigenvalue weighted by Crippen LogP contribution is -2.44. The van der Waals surface area contributed by atoms with E-state index in [0.717, 1.165) is 76.8 Å². The Morgan fingerprint density at radius 3 is 2.03 bits per heavy atom. The van der Waals surface area contributed by atoms with Crippen LogP contribution in [0.25, 0.3) is 44.8 Å². The fourth-order valence-corrected chi connectivity index (χ4v) is 4.44. The monoisotopic (exact) mass is 438 g/mol. The summed E-state index contributed by atoms with van der Waals surface area (Å²) in [6.45, 7) is 4.34. The molecule has 0 amide bonds. The van der Waals surface area contributed by atoms with Crippen molar-refractivity contribution in [3.8, 4) is 28.5 Å². The van der Waals surface area contributed by atoms with Crippen molar-refractivity contribution in [2.45, 2.75) is 0 Å². The van der Waals surface area contributed by atoms with Gasteiger partial charge in [-0.25, -0.2) is 9.97 Å². The van der Waals surface area contributed by atoms with Crippen molar-refractivity contribution in [2.75, 3.05) is 45.2 Å². The quantitative estimate of drug-likeness (QED) is 0.431. The van der Waals surface area contributed by atoms with Gasteiger partial charge in [-0.2, -0.15) is 0 Å². The molecule has 166 valence electrons. The van der Waals surface area contributed by atoms with Crippen molar-refractivity contribution < 1.29 is 4.74 Å². The minimum Gasteiger partial charge on any atom is -0.497 e. The molecule has 3 aromatic carbocycles. The number of likely N-dealkylation sites (N-methyl/N-ethyl adjacent to an activating group) is 1. The van der Waals surface area contributed by atoms with Crippen molar-refractivity contribution in [3.63, 3.8) is 0 Å². The van der Waals surface area contributed by atoms with E-state index in [4.69, 9.17) is 14.7 Å². The second-order valence-electron chi connectivity index (χ2n) is 8.62. The number of H-pyrrole nitrogens is 2. The standard InChI is InChI=1S/C26H26N6O/c1-31-11-13-32(14-12-31)19-6-3-17(4-7-19)25-27-21-9-5-18(15-23(21)29-25)26-28-22-10-8-20(33-2)16-24(22)30-26/h3-10,15-16H,11-14H2,1-2H3,(H,27,29)(H,28,30). The van der Waals surface area contributed by atoms with Crippen molar-refractivity contribution >= 4 is 27.8 Å². The van der Waals surface area contributed by atoms with E-state index in [-0.39, 0.29) is 0 Å². The highest BCUT2D eigenvalue weighted by Crippen LogP contribution is 2.28. The maximum atomic E-state index is 5.32. The number of fused-ring (bicyclic) bond motifs is 2. The zero-order chi connectivity index (χ0) is 22.4. The van der Waals surface area contributed by atoms with Crippen LogP contribution in [0.5, 0.6) is 5.75 Å². The molecule has 33 heavy (non-hydrogen) atoms. The number of hydrogen-bond donors (Lipinski definition) is 2. The number of methoxy groups -OCH3 is 1. The Balaban J connectivity index is 1.28. The zero-order valence-electron chi connectivity index (χ0n) is 18.8. The Labute approximate surface area is 192 Å². The van der Waals surface area contributed by atoms with Crippen LogP contribution >= 0.6 is 0 Å². The summed E-state index contributed by atoms with van der Waals surface area (Å²) < 4.78 is 5.32. The molecule has 1 saturated heterocycles. The molecule has 5 aromatic rings. The first-order valence-corrected chi connectivity index (χ1v) is 11.2. The number of nitrogens with one attached hydrogen (secondary N) is 2. The predicted octanol–water partition coefficient (Wildman–Crippen LogP) is 4.53. The number of ether oxygens (including phenoxy) is 1. The average Bonchev–Trinajstić information content (AvgIpc) is 3.48. The maximum Gasteiger partial charge on any atom is 0.138 e. The number of rotatable bonds is 4. The summed E-state index contributed by atoms with van der Waals surface area (Å²) >= 11 is 0. The number of benzene rings is 3. The average molecular weight is 439 g/mol. The van der Waals surface area contributed by atoms with Gasteiger partial charge in [0.05, 0.1) is 29.2 Å². The lowest BCUT2D eigenvalue weighted by molar-refractivity contribution is 0.313. The molecule has 0 atom stereocenters. The van der Waals surface area contributed by atoms with Crippen LogP contribution < -0.4 is 9.64 Å². The van der Waals surface area contributed by atoms with E-state index in [9.17, 15) is 0 Å². The van der Waals surface area contributed by atoms with E-state index in [1.54, 1.807) is 7.11 Å². The van der Waals surface area contributed by atoms with Crippen molar-refractivity contribution in [1.29, 1.82) is 0 Å². The van der Waals surface area contributed by atoms with E-state index in [1.165, 1.54) is 5.69 Å². The third-order valence-electron chi connectivity index (χ3n) is 6.45. The highest BCUT2D eigenvalue weighted by atomic mass is 16.5. The first-order chi connectivity index (χ1) is 16.2. The lowest BCUT2D eigenvalue weighted by atomic mass is 10.1. The topological polar surface area (TPSA) is 73.1 Å². The third-order valence-corrected chi connectivity index (χ3v) is 6.45. The van der Waals surface area contributed by atoms with Crippen LogP contribution in [0.2, 0.25) is 0 Å². The smallest absolute Gasteiger partial charge is 0.138 e. The van der Waals surface area contributed by atoms with Gasteiger partial charge in [0.25, 0.3) is 0 Å². The summed E-state index contributed by atoms with van der Waals surface area (Å²) in [6.07, 6.45) is 0. The highest BCUT2D eigenvalue weighted by molar-refractivity contribution is 5.86. The van der Waals surface area contributed by atoms with Gasteiger partial charge in [-0.3, -0.25) is 0 Å². The molecule has 2 aromatic heterocycles. The number of piperazine rings is 1. The predicted molar refractivity (Wildman–Crippen MR) is 133 cm³/mol. The summed E-state index contributed by atoms with van der Waals surface area (Å²) in [4.78, 5) is 21.2. The van der Waals surface area contributed by atoms with Crippen LogP contribution in [0, 0.1) is 0 Å². The van der Waals surface area contributed by atoms with E-state index in [0.29, 0.717) is 0 Å². The summed E-state index contributed by atoms with van der Waals surface area (Å²) in [5.41, 5.74) is 7.16. The minimum atomic E-state index is 0.810. The number of anilines is 1. The summed E-state index contributed by atoms with van der Waals surface area (Å²) in [7, 11) is 3.85. The molecule has 1 aliphatic rings. The molecule has 7 nitrogen and oxygen atoms in total. The molecule has 2 N–H and O–H groups in total. The molecule has 6 rings (SSSR count). The van der Waals surface area contributed by atoms with Crippen LogP contribution in [0.4, 0.5) is 5.69 Å². The number of imidazole rings is 2. The van der Waals surface area contributed by atoms with Gasteiger partial charge >= 0.3 is 0 Å². The summed E-state index contributed by atoms with van der Waals surface area (Å²) in [5.74, 6) is 2.51. The van der Waals surface area contributed by atoms with Gasteiger partial charge < -0.3 is 24.5 Å². The fraction of sp³-hybridized carbons (Fsp3) is 0.231. The molecular weight excluding hydrogens is 412 g/mol. The molecule has 0 bridgehead atoms. The summed E-state index contributed by atoms with van der Waals surface area (Å²) in [6, 6.07) is 20.7. The van der Waals surface area contributed by atoms with E-state index >= 15 is 0 Å². The minimum absolute atomic E-state index is 0.810. The Morgan fingerprint density at radius 2 is 1.33 bits per heavy atom. The molecule has 0 saturated carbocycles. The first kappa shape index (κ1) is 19.8. The molecule has 3 heterocycles. The number of hydrogen-bond acceptors (Lipinski definition) is 5. The number of aromatic nitrogens is 4. The van der Waals surface area contributed by atoms with Crippen molar-refractivity contribution in [3.05, 3.63) is 60.7 Å². The normalized spacial score (nSPS) is 14.9. The van der Waals surface area contributed by atoms with Crippen LogP contribution in [0.1, 0.15) is 0 Å². The number of aromatic amines is 2. The van der Waals surface area contributed by atoms with Gasteiger partial charge in [-0.1, -0.05) is 0 Å². The Morgan fingerprint density at radius 1 is 0.727 bits per heavy atom. The van der Waals surface area contributed by atoms with Gasteiger partial charge in [-0.15, -0.1) is 0 Å². The molecule has 7 heteroatoms. The highest BCUT2D eigenvalue weighted by Gasteiger charge is 2.15. The number of nitrogens with zero attached hydrogens (tertiary/aromatic N) is 4. The Kier molecular flexibility index (Phi) is 4.77. The third kappa shape index (κ3) is 3.70. The van der Waals surface area contributed by atoms with Crippen LogP contribution in [0.3, 0.4) is 0 Å². The Bertz CT molecular complexity index is 1430. The van der Waals surface area contributed by atoms with Crippen molar-refractivity contribution in [2.24, 2.45) is 0 Å². The van der Waals surface area contributed by atoms with E-state index in [2.05, 4.69) is 63.2 Å². The van der Waals surface area contributed by atoms with Gasteiger partial charge in [0.2, 0.25) is 0 Å². The molecule has 0 spiro atoms. The van der Waals surface area contributed by atoms with E-state index < -0.39 is 0 Å². The van der Waals surface area contributed by atoms with Gasteiger partial charge in [0.1, 0.15) is 17.4 Å². The second kappa shape index (κ2) is 7.94. The molecule has 0 radical (unpaired) electrons.